The third-order valence-electron chi connectivity index (χ3n) is 4.98. The molecule has 1 atom stereocenters. The van der Waals surface area contributed by atoms with Crippen LogP contribution in [0.5, 0.6) is 5.75 Å². The molecule has 4 heteroatoms. The van der Waals surface area contributed by atoms with Crippen LogP contribution >= 0.6 is 0 Å². The van der Waals surface area contributed by atoms with E-state index < -0.39 is 0 Å². The number of hydrogen-bond acceptors (Lipinski definition) is 3. The van der Waals surface area contributed by atoms with E-state index in [4.69, 9.17) is 9.47 Å². The lowest BCUT2D eigenvalue weighted by Crippen LogP contribution is -2.42. The lowest BCUT2D eigenvalue weighted by atomic mass is 10.0. The van der Waals surface area contributed by atoms with Crippen molar-refractivity contribution in [3.05, 3.63) is 65.2 Å². The molecule has 1 saturated heterocycles. The number of morpholine rings is 1. The maximum Gasteiger partial charge on any atom is 0.223 e. The monoisotopic (exact) mass is 353 g/mol. The van der Waals surface area contributed by atoms with Gasteiger partial charge >= 0.3 is 0 Å². The number of rotatable bonds is 6. The van der Waals surface area contributed by atoms with Gasteiger partial charge in [0.1, 0.15) is 11.9 Å². The van der Waals surface area contributed by atoms with Crippen LogP contribution in [0.25, 0.3) is 0 Å². The van der Waals surface area contributed by atoms with Gasteiger partial charge in [0.2, 0.25) is 5.91 Å². The molecule has 26 heavy (non-hydrogen) atoms. The first-order valence-electron chi connectivity index (χ1n) is 9.31. The van der Waals surface area contributed by atoms with Crippen LogP contribution in [0.15, 0.2) is 48.5 Å². The van der Waals surface area contributed by atoms with Gasteiger partial charge in [-0.25, -0.2) is 0 Å². The Balaban J connectivity index is 1.58. The molecule has 1 amide bonds. The smallest absolute Gasteiger partial charge is 0.223 e. The maximum atomic E-state index is 12.7. The first-order chi connectivity index (χ1) is 12.7. The molecule has 1 aliphatic heterocycles. The predicted octanol–water partition coefficient (Wildman–Crippen LogP) is 3.79. The number of para-hydroxylation sites is 1. The summed E-state index contributed by atoms with van der Waals surface area (Å²) in [5, 5.41) is 0. The summed E-state index contributed by atoms with van der Waals surface area (Å²) in [5.41, 5.74) is 3.53. The number of nitrogens with zero attached hydrogens (tertiary/aromatic N) is 1. The average molecular weight is 353 g/mol. The average Bonchev–Trinajstić information content (AvgIpc) is 2.72. The summed E-state index contributed by atoms with van der Waals surface area (Å²) in [5.74, 6) is 1.02. The fraction of sp³-hybridized carbons (Fsp3) is 0.409. The van der Waals surface area contributed by atoms with Gasteiger partial charge in [-0.1, -0.05) is 49.4 Å². The van der Waals surface area contributed by atoms with Gasteiger partial charge in [-0.3, -0.25) is 4.79 Å². The van der Waals surface area contributed by atoms with Crippen molar-refractivity contribution in [1.82, 2.24) is 4.90 Å². The Morgan fingerprint density at radius 3 is 2.69 bits per heavy atom. The minimum absolute atomic E-state index is 0.0372. The number of carbonyl (C=O) groups excluding carboxylic acids is 1. The van der Waals surface area contributed by atoms with E-state index in [2.05, 4.69) is 31.2 Å². The lowest BCUT2D eigenvalue weighted by molar-refractivity contribution is -0.139. The fourth-order valence-corrected chi connectivity index (χ4v) is 3.35. The van der Waals surface area contributed by atoms with Crippen LogP contribution in [-0.2, 0) is 22.4 Å². The summed E-state index contributed by atoms with van der Waals surface area (Å²) < 4.78 is 11.3. The van der Waals surface area contributed by atoms with Gasteiger partial charge in [-0.15, -0.1) is 0 Å². The van der Waals surface area contributed by atoms with E-state index in [1.54, 1.807) is 7.11 Å². The quantitative estimate of drug-likeness (QED) is 0.793. The molecule has 2 aromatic carbocycles. The van der Waals surface area contributed by atoms with E-state index in [1.807, 2.05) is 29.2 Å². The minimum atomic E-state index is -0.0372. The summed E-state index contributed by atoms with van der Waals surface area (Å²) in [4.78, 5) is 14.6. The van der Waals surface area contributed by atoms with Crippen molar-refractivity contribution in [1.29, 1.82) is 0 Å². The second kappa shape index (κ2) is 8.86. The van der Waals surface area contributed by atoms with E-state index in [1.165, 1.54) is 5.56 Å². The summed E-state index contributed by atoms with van der Waals surface area (Å²) in [7, 11) is 1.66. The van der Waals surface area contributed by atoms with Crippen LogP contribution in [0.1, 0.15) is 36.1 Å². The van der Waals surface area contributed by atoms with E-state index in [0.29, 0.717) is 32.5 Å². The molecule has 1 aliphatic rings. The molecule has 0 radical (unpaired) electrons. The largest absolute Gasteiger partial charge is 0.496 e. The van der Waals surface area contributed by atoms with Gasteiger partial charge in [-0.2, -0.15) is 0 Å². The normalized spacial score (nSPS) is 17.2. The highest BCUT2D eigenvalue weighted by molar-refractivity contribution is 5.76. The number of hydrogen-bond donors (Lipinski definition) is 0. The number of benzene rings is 2. The Morgan fingerprint density at radius 1 is 1.19 bits per heavy atom. The summed E-state index contributed by atoms with van der Waals surface area (Å²) in [6.45, 7) is 4.01. The zero-order valence-corrected chi connectivity index (χ0v) is 15.6. The Kier molecular flexibility index (Phi) is 6.29. The standard InChI is InChI=1S/C22H27NO3/c1-3-17-8-10-19(11-9-17)21-16-23(14-15-26-21)22(24)13-12-18-6-4-5-7-20(18)25-2/h4-11,21H,3,12-16H2,1-2H3. The first kappa shape index (κ1) is 18.5. The highest BCUT2D eigenvalue weighted by atomic mass is 16.5. The molecular formula is C22H27NO3. The van der Waals surface area contributed by atoms with Crippen molar-refractivity contribution in [3.63, 3.8) is 0 Å². The molecule has 0 bridgehead atoms. The SMILES string of the molecule is CCc1ccc(C2CN(C(=O)CCc3ccccc3OC)CCO2)cc1. The number of ether oxygens (including phenoxy) is 2. The van der Waals surface area contributed by atoms with Crippen molar-refractivity contribution < 1.29 is 14.3 Å². The molecule has 138 valence electrons. The molecule has 1 fully saturated rings. The van der Waals surface area contributed by atoms with Crippen LogP contribution in [-0.4, -0.2) is 37.6 Å². The van der Waals surface area contributed by atoms with E-state index in [0.717, 1.165) is 23.3 Å². The Labute approximate surface area is 155 Å². The molecule has 0 N–H and O–H groups in total. The molecule has 0 aliphatic carbocycles. The van der Waals surface area contributed by atoms with Crippen LogP contribution in [0.3, 0.4) is 0 Å². The summed E-state index contributed by atoms with van der Waals surface area (Å²) in [6.07, 6.45) is 2.17. The van der Waals surface area contributed by atoms with Crippen molar-refractivity contribution >= 4 is 5.91 Å². The van der Waals surface area contributed by atoms with Crippen molar-refractivity contribution in [2.75, 3.05) is 26.8 Å². The zero-order chi connectivity index (χ0) is 18.4. The predicted molar refractivity (Wildman–Crippen MR) is 102 cm³/mol. The maximum absolute atomic E-state index is 12.7. The highest BCUT2D eigenvalue weighted by Crippen LogP contribution is 2.24. The van der Waals surface area contributed by atoms with Gasteiger partial charge in [0.15, 0.2) is 0 Å². The molecule has 0 saturated carbocycles. The molecule has 3 rings (SSSR count). The number of carbonyl (C=O) groups is 1. The van der Waals surface area contributed by atoms with E-state index >= 15 is 0 Å². The van der Waals surface area contributed by atoms with Crippen LogP contribution < -0.4 is 4.74 Å². The van der Waals surface area contributed by atoms with E-state index in [-0.39, 0.29) is 12.0 Å². The van der Waals surface area contributed by atoms with Crippen LogP contribution in [0.2, 0.25) is 0 Å². The number of methoxy groups -OCH3 is 1. The van der Waals surface area contributed by atoms with Gasteiger partial charge in [0.05, 0.1) is 20.3 Å². The molecule has 4 nitrogen and oxygen atoms in total. The Bertz CT molecular complexity index is 726. The first-order valence-corrected chi connectivity index (χ1v) is 9.31. The molecule has 0 spiro atoms. The third-order valence-corrected chi connectivity index (χ3v) is 4.98. The summed E-state index contributed by atoms with van der Waals surface area (Å²) >= 11 is 0. The Hall–Kier alpha value is -2.33. The highest BCUT2D eigenvalue weighted by Gasteiger charge is 2.25. The molecular weight excluding hydrogens is 326 g/mol. The number of aryl methyl sites for hydroxylation is 2. The number of amides is 1. The third kappa shape index (κ3) is 4.44. The summed E-state index contributed by atoms with van der Waals surface area (Å²) in [6, 6.07) is 16.4. The minimum Gasteiger partial charge on any atom is -0.496 e. The molecule has 1 heterocycles. The zero-order valence-electron chi connectivity index (χ0n) is 15.6. The topological polar surface area (TPSA) is 38.8 Å². The van der Waals surface area contributed by atoms with Crippen LogP contribution in [0, 0.1) is 0 Å². The van der Waals surface area contributed by atoms with Crippen molar-refractivity contribution in [2.24, 2.45) is 0 Å². The van der Waals surface area contributed by atoms with Crippen LogP contribution in [0.4, 0.5) is 0 Å². The van der Waals surface area contributed by atoms with Gasteiger partial charge in [0.25, 0.3) is 0 Å². The molecule has 1 unspecified atom stereocenters. The van der Waals surface area contributed by atoms with Crippen molar-refractivity contribution in [2.45, 2.75) is 32.3 Å². The fourth-order valence-electron chi connectivity index (χ4n) is 3.35. The van der Waals surface area contributed by atoms with Crippen molar-refractivity contribution in [3.8, 4) is 5.75 Å². The molecule has 0 aromatic heterocycles. The van der Waals surface area contributed by atoms with Gasteiger partial charge in [0, 0.05) is 13.0 Å². The molecule has 2 aromatic rings. The second-order valence-corrected chi connectivity index (χ2v) is 6.61. The van der Waals surface area contributed by atoms with Gasteiger partial charge < -0.3 is 14.4 Å². The second-order valence-electron chi connectivity index (χ2n) is 6.61. The van der Waals surface area contributed by atoms with E-state index in [9.17, 15) is 4.79 Å². The lowest BCUT2D eigenvalue weighted by Gasteiger charge is -2.33. The Morgan fingerprint density at radius 2 is 1.96 bits per heavy atom. The van der Waals surface area contributed by atoms with Gasteiger partial charge in [-0.05, 0) is 35.6 Å².